The molecule has 1 N–H and O–H groups in total. The Balaban J connectivity index is 1.43. The van der Waals surface area contributed by atoms with E-state index in [2.05, 4.69) is 54.2 Å². The molecule has 0 amide bonds. The van der Waals surface area contributed by atoms with Crippen molar-refractivity contribution in [3.05, 3.63) is 65.7 Å². The molecule has 6 heteroatoms. The van der Waals surface area contributed by atoms with Gasteiger partial charge in [-0.1, -0.05) is 30.3 Å². The Morgan fingerprint density at radius 2 is 1.84 bits per heavy atom. The van der Waals surface area contributed by atoms with Gasteiger partial charge in [-0.15, -0.1) is 0 Å². The Morgan fingerprint density at radius 3 is 2.41 bits per heavy atom. The summed E-state index contributed by atoms with van der Waals surface area (Å²) in [6, 6.07) is 16.3. The second kappa shape index (κ2) is 11.7. The van der Waals surface area contributed by atoms with E-state index in [0.29, 0.717) is 19.6 Å². The highest BCUT2D eigenvalue weighted by Crippen LogP contribution is 2.24. The third-order valence-corrected chi connectivity index (χ3v) is 5.71. The second-order valence-corrected chi connectivity index (χ2v) is 8.20. The topological polar surface area (TPSA) is 62.2 Å². The summed E-state index contributed by atoms with van der Waals surface area (Å²) in [4.78, 5) is 15.7. The Bertz CT molecular complexity index is 891. The molecular weight excluding hydrogens is 404 g/mol. The van der Waals surface area contributed by atoms with E-state index in [4.69, 9.17) is 9.47 Å². The molecule has 0 saturated carbocycles. The fraction of sp³-hybridized carbons (Fsp3) is 0.423. The number of aliphatic carboxylic acids is 1. The molecular formula is C26H34N2O4. The van der Waals surface area contributed by atoms with E-state index in [-0.39, 0.29) is 0 Å². The molecule has 1 aliphatic heterocycles. The Labute approximate surface area is 191 Å². The minimum Gasteiger partial charge on any atom is -0.492 e. The fourth-order valence-electron chi connectivity index (χ4n) is 3.80. The molecule has 0 saturated heterocycles. The molecule has 0 radical (unpaired) electrons. The number of carboxylic acid groups (broad SMARTS) is 1. The lowest BCUT2D eigenvalue weighted by Gasteiger charge is -2.26. The van der Waals surface area contributed by atoms with Crippen molar-refractivity contribution in [3.63, 3.8) is 0 Å². The lowest BCUT2D eigenvalue weighted by molar-refractivity contribution is -0.149. The van der Waals surface area contributed by atoms with Gasteiger partial charge in [-0.05, 0) is 54.3 Å². The second-order valence-electron chi connectivity index (χ2n) is 8.20. The van der Waals surface area contributed by atoms with E-state index in [0.717, 1.165) is 37.4 Å². The quantitative estimate of drug-likeness (QED) is 0.573. The minimum atomic E-state index is -0.934. The smallest absolute Gasteiger partial charge is 0.333 e. The molecule has 0 aromatic heterocycles. The van der Waals surface area contributed by atoms with Crippen LogP contribution in [0.3, 0.4) is 0 Å². The van der Waals surface area contributed by atoms with Crippen LogP contribution < -0.4 is 9.64 Å². The van der Waals surface area contributed by atoms with Crippen LogP contribution in [0.2, 0.25) is 0 Å². The number of ether oxygens (including phenoxy) is 2. The van der Waals surface area contributed by atoms with Crippen molar-refractivity contribution in [1.82, 2.24) is 4.90 Å². The van der Waals surface area contributed by atoms with Gasteiger partial charge >= 0.3 is 5.97 Å². The van der Waals surface area contributed by atoms with Gasteiger partial charge in [0, 0.05) is 52.4 Å². The Kier molecular flexibility index (Phi) is 8.71. The molecule has 2 aromatic rings. The molecule has 1 unspecified atom stereocenters. The maximum absolute atomic E-state index is 11.2. The molecule has 6 nitrogen and oxygen atoms in total. The van der Waals surface area contributed by atoms with Gasteiger partial charge in [-0.3, -0.25) is 4.90 Å². The summed E-state index contributed by atoms with van der Waals surface area (Å²) in [7, 11) is 4.11. The molecule has 172 valence electrons. The Hall–Kier alpha value is -2.83. The first kappa shape index (κ1) is 23.8. The van der Waals surface area contributed by atoms with Crippen molar-refractivity contribution < 1.29 is 19.4 Å². The highest BCUT2D eigenvalue weighted by Gasteiger charge is 2.18. The standard InChI is InChI=1S/C26H34N2O4/c1-4-31-25(26(29)30)19-20-5-11-24(12-6-20)32-18-17-28-15-13-22(14-16-28)21-7-9-23(10-8-21)27(2)3/h5-13,25H,4,14-19H2,1-3H3,(H,29,30). The highest BCUT2D eigenvalue weighted by molar-refractivity contribution is 5.72. The van der Waals surface area contributed by atoms with Gasteiger partial charge in [-0.2, -0.15) is 0 Å². The largest absolute Gasteiger partial charge is 0.492 e. The highest BCUT2D eigenvalue weighted by atomic mass is 16.5. The molecule has 0 bridgehead atoms. The van der Waals surface area contributed by atoms with Crippen LogP contribution in [0.1, 0.15) is 24.5 Å². The van der Waals surface area contributed by atoms with Crippen LogP contribution in [0.25, 0.3) is 5.57 Å². The van der Waals surface area contributed by atoms with Gasteiger partial charge in [0.25, 0.3) is 0 Å². The molecule has 0 fully saturated rings. The number of hydrogen-bond donors (Lipinski definition) is 1. The van der Waals surface area contributed by atoms with E-state index < -0.39 is 12.1 Å². The number of rotatable bonds is 11. The van der Waals surface area contributed by atoms with Crippen molar-refractivity contribution in [2.24, 2.45) is 0 Å². The van der Waals surface area contributed by atoms with Crippen LogP contribution in [-0.2, 0) is 16.0 Å². The molecule has 1 aliphatic rings. The van der Waals surface area contributed by atoms with Crippen molar-refractivity contribution in [2.75, 3.05) is 51.8 Å². The minimum absolute atomic E-state index is 0.351. The first-order chi connectivity index (χ1) is 15.5. The predicted molar refractivity (Wildman–Crippen MR) is 128 cm³/mol. The number of anilines is 1. The van der Waals surface area contributed by atoms with Gasteiger partial charge < -0.3 is 19.5 Å². The summed E-state index contributed by atoms with van der Waals surface area (Å²) in [5.41, 5.74) is 4.86. The average Bonchev–Trinajstić information content (AvgIpc) is 2.80. The molecule has 1 heterocycles. The summed E-state index contributed by atoms with van der Waals surface area (Å²) in [6.45, 7) is 5.63. The molecule has 0 spiro atoms. The lowest BCUT2D eigenvalue weighted by Crippen LogP contribution is -2.32. The average molecular weight is 439 g/mol. The van der Waals surface area contributed by atoms with Crippen LogP contribution in [0.4, 0.5) is 5.69 Å². The van der Waals surface area contributed by atoms with E-state index in [1.165, 1.54) is 16.8 Å². The van der Waals surface area contributed by atoms with Gasteiger partial charge in [0.05, 0.1) is 0 Å². The van der Waals surface area contributed by atoms with Crippen LogP contribution in [0, 0.1) is 0 Å². The van der Waals surface area contributed by atoms with Crippen LogP contribution in [-0.4, -0.2) is 69.0 Å². The van der Waals surface area contributed by atoms with Gasteiger partial charge in [-0.25, -0.2) is 4.79 Å². The lowest BCUT2D eigenvalue weighted by atomic mass is 9.99. The van der Waals surface area contributed by atoms with Gasteiger partial charge in [0.2, 0.25) is 0 Å². The van der Waals surface area contributed by atoms with E-state index in [1.807, 2.05) is 24.3 Å². The van der Waals surface area contributed by atoms with Crippen LogP contribution in [0.15, 0.2) is 54.6 Å². The maximum atomic E-state index is 11.2. The third kappa shape index (κ3) is 6.84. The normalized spacial score (nSPS) is 15.2. The first-order valence-electron chi connectivity index (χ1n) is 11.2. The van der Waals surface area contributed by atoms with Crippen molar-refractivity contribution in [3.8, 4) is 5.75 Å². The first-order valence-corrected chi connectivity index (χ1v) is 11.2. The van der Waals surface area contributed by atoms with Gasteiger partial charge in [0.15, 0.2) is 6.10 Å². The summed E-state index contributed by atoms with van der Waals surface area (Å²) in [5, 5.41) is 9.21. The molecule has 0 aliphatic carbocycles. The number of hydrogen-bond acceptors (Lipinski definition) is 5. The van der Waals surface area contributed by atoms with Crippen LogP contribution in [0.5, 0.6) is 5.75 Å². The summed E-state index contributed by atoms with van der Waals surface area (Å²) >= 11 is 0. The van der Waals surface area contributed by atoms with E-state index in [9.17, 15) is 9.90 Å². The number of nitrogens with zero attached hydrogens (tertiary/aromatic N) is 2. The number of carbonyl (C=O) groups is 1. The molecule has 2 aromatic carbocycles. The van der Waals surface area contributed by atoms with E-state index >= 15 is 0 Å². The monoisotopic (exact) mass is 438 g/mol. The number of benzene rings is 2. The zero-order valence-corrected chi connectivity index (χ0v) is 19.3. The molecule has 32 heavy (non-hydrogen) atoms. The predicted octanol–water partition coefficient (Wildman–Crippen LogP) is 3.95. The van der Waals surface area contributed by atoms with Gasteiger partial charge in [0.1, 0.15) is 12.4 Å². The van der Waals surface area contributed by atoms with Crippen LogP contribution >= 0.6 is 0 Å². The summed E-state index contributed by atoms with van der Waals surface area (Å²) in [5.74, 6) is -0.136. The SMILES string of the molecule is CCOC(Cc1ccc(OCCN2CC=C(c3ccc(N(C)C)cc3)CC2)cc1)C(=O)O. The molecule has 3 rings (SSSR count). The maximum Gasteiger partial charge on any atom is 0.333 e. The van der Waals surface area contributed by atoms with Crippen molar-refractivity contribution in [1.29, 1.82) is 0 Å². The zero-order chi connectivity index (χ0) is 22.9. The summed E-state index contributed by atoms with van der Waals surface area (Å²) < 4.78 is 11.2. The third-order valence-electron chi connectivity index (χ3n) is 5.71. The summed E-state index contributed by atoms with van der Waals surface area (Å²) in [6.07, 6.45) is 2.90. The number of carboxylic acids is 1. The molecule has 1 atom stereocenters. The van der Waals surface area contributed by atoms with Crippen molar-refractivity contribution in [2.45, 2.75) is 25.9 Å². The zero-order valence-electron chi connectivity index (χ0n) is 19.3. The fourth-order valence-corrected chi connectivity index (χ4v) is 3.80. The van der Waals surface area contributed by atoms with E-state index in [1.54, 1.807) is 6.92 Å². The Morgan fingerprint density at radius 1 is 1.12 bits per heavy atom. The van der Waals surface area contributed by atoms with Crippen molar-refractivity contribution >= 4 is 17.2 Å².